The highest BCUT2D eigenvalue weighted by Crippen LogP contribution is 2.38. The Kier molecular flexibility index (Phi) is 6.47. The Morgan fingerprint density at radius 3 is 2.66 bits per heavy atom. The number of hydrogen-bond donors (Lipinski definition) is 0. The maximum Gasteiger partial charge on any atom is 0.232 e. The molecule has 1 fully saturated rings. The highest BCUT2D eigenvalue weighted by Gasteiger charge is 2.24. The number of benzene rings is 2. The Morgan fingerprint density at radius 2 is 1.93 bits per heavy atom. The van der Waals surface area contributed by atoms with Crippen molar-refractivity contribution < 1.29 is 9.53 Å². The van der Waals surface area contributed by atoms with Crippen LogP contribution in [0.4, 0.5) is 5.13 Å². The van der Waals surface area contributed by atoms with Crippen LogP contribution in [0, 0.1) is 0 Å². The predicted molar refractivity (Wildman–Crippen MR) is 123 cm³/mol. The van der Waals surface area contributed by atoms with Crippen molar-refractivity contribution in [3.63, 3.8) is 0 Å². The Morgan fingerprint density at radius 1 is 1.17 bits per heavy atom. The molecular weight excluding hydrogens is 426 g/mol. The van der Waals surface area contributed by atoms with Gasteiger partial charge in [-0.25, -0.2) is 4.98 Å². The van der Waals surface area contributed by atoms with E-state index in [1.165, 1.54) is 5.56 Å². The molecule has 8 heteroatoms. The summed E-state index contributed by atoms with van der Waals surface area (Å²) in [5.41, 5.74) is 2.05. The quantitative estimate of drug-likeness (QED) is 0.555. The smallest absolute Gasteiger partial charge is 0.232 e. The van der Waals surface area contributed by atoms with Crippen LogP contribution in [0.3, 0.4) is 0 Å². The molecule has 0 radical (unpaired) electrons. The van der Waals surface area contributed by atoms with Crippen LogP contribution in [0.2, 0.25) is 5.02 Å². The summed E-state index contributed by atoms with van der Waals surface area (Å²) in [4.78, 5) is 21.5. The van der Waals surface area contributed by atoms with E-state index in [9.17, 15) is 4.79 Å². The highest BCUT2D eigenvalue weighted by molar-refractivity contribution is 7.99. The summed E-state index contributed by atoms with van der Waals surface area (Å²) in [7, 11) is 1.64. The molecule has 0 spiro atoms. The molecule has 0 aliphatic carbocycles. The van der Waals surface area contributed by atoms with Crippen molar-refractivity contribution in [2.45, 2.75) is 5.75 Å². The standard InChI is InChI=1S/C21H22ClN3O2S2/c1-27-17-8-7-16(22)20-19(17)23-21(29-20)25-11-9-24(10-12-25)18(26)14-28-13-15-5-3-2-4-6-15/h2-8H,9-14H2,1H3. The van der Waals surface area contributed by atoms with E-state index in [0.717, 1.165) is 39.9 Å². The average Bonchev–Trinajstić information content (AvgIpc) is 3.21. The molecule has 29 heavy (non-hydrogen) atoms. The lowest BCUT2D eigenvalue weighted by Crippen LogP contribution is -2.49. The molecule has 3 aromatic rings. The van der Waals surface area contributed by atoms with E-state index >= 15 is 0 Å². The summed E-state index contributed by atoms with van der Waals surface area (Å²) in [5.74, 6) is 2.32. The van der Waals surface area contributed by atoms with Gasteiger partial charge in [0.1, 0.15) is 11.3 Å². The molecule has 1 aliphatic rings. The van der Waals surface area contributed by atoms with Gasteiger partial charge in [0, 0.05) is 31.9 Å². The van der Waals surface area contributed by atoms with Crippen LogP contribution < -0.4 is 9.64 Å². The van der Waals surface area contributed by atoms with Gasteiger partial charge in [-0.3, -0.25) is 4.79 Å². The van der Waals surface area contributed by atoms with Crippen molar-refractivity contribution in [2.24, 2.45) is 0 Å². The monoisotopic (exact) mass is 447 g/mol. The molecule has 1 aromatic heterocycles. The van der Waals surface area contributed by atoms with Gasteiger partial charge >= 0.3 is 0 Å². The summed E-state index contributed by atoms with van der Waals surface area (Å²) < 4.78 is 6.35. The Bertz CT molecular complexity index is 988. The maximum atomic E-state index is 12.5. The minimum Gasteiger partial charge on any atom is -0.494 e. The first-order valence-electron chi connectivity index (χ1n) is 9.43. The zero-order valence-corrected chi connectivity index (χ0v) is 18.5. The molecule has 152 valence electrons. The maximum absolute atomic E-state index is 12.5. The molecule has 0 N–H and O–H groups in total. The summed E-state index contributed by atoms with van der Waals surface area (Å²) in [6.45, 7) is 2.97. The third-order valence-electron chi connectivity index (χ3n) is 4.91. The molecule has 0 unspecified atom stereocenters. The molecule has 4 rings (SSSR count). The van der Waals surface area contributed by atoms with Gasteiger partial charge in [-0.1, -0.05) is 53.3 Å². The third kappa shape index (κ3) is 4.63. The van der Waals surface area contributed by atoms with Crippen molar-refractivity contribution in [3.8, 4) is 5.75 Å². The average molecular weight is 448 g/mol. The van der Waals surface area contributed by atoms with Gasteiger partial charge < -0.3 is 14.5 Å². The fourth-order valence-corrected chi connectivity index (χ4v) is 5.51. The van der Waals surface area contributed by atoms with E-state index in [1.54, 1.807) is 30.2 Å². The van der Waals surface area contributed by atoms with Gasteiger partial charge in [-0.05, 0) is 17.7 Å². The van der Waals surface area contributed by atoms with Crippen LogP contribution in [0.25, 0.3) is 10.2 Å². The second-order valence-corrected chi connectivity index (χ2v) is 9.14. The lowest BCUT2D eigenvalue weighted by Gasteiger charge is -2.34. The van der Waals surface area contributed by atoms with Crippen LogP contribution in [0.5, 0.6) is 5.75 Å². The highest BCUT2D eigenvalue weighted by atomic mass is 35.5. The van der Waals surface area contributed by atoms with Gasteiger partial charge in [-0.15, -0.1) is 11.8 Å². The SMILES string of the molecule is COc1ccc(Cl)c2sc(N3CCN(C(=O)CSCc4ccccc4)CC3)nc12. The minimum absolute atomic E-state index is 0.208. The number of hydrogen-bond acceptors (Lipinski definition) is 6. The number of fused-ring (bicyclic) bond motifs is 1. The Balaban J connectivity index is 1.33. The normalized spacial score (nSPS) is 14.4. The van der Waals surface area contributed by atoms with Crippen LogP contribution >= 0.6 is 34.7 Å². The first-order chi connectivity index (χ1) is 14.2. The largest absolute Gasteiger partial charge is 0.494 e. The number of rotatable bonds is 6. The van der Waals surface area contributed by atoms with Gasteiger partial charge in [0.15, 0.2) is 5.13 Å². The molecule has 0 bridgehead atoms. The van der Waals surface area contributed by atoms with Crippen LogP contribution in [-0.4, -0.2) is 54.8 Å². The van der Waals surface area contributed by atoms with E-state index < -0.39 is 0 Å². The second-order valence-electron chi connectivity index (χ2n) is 6.77. The Hall–Kier alpha value is -1.96. The lowest BCUT2D eigenvalue weighted by molar-refractivity contribution is -0.128. The molecule has 2 aromatic carbocycles. The minimum atomic E-state index is 0.208. The zero-order valence-electron chi connectivity index (χ0n) is 16.1. The van der Waals surface area contributed by atoms with Crippen LogP contribution in [-0.2, 0) is 10.5 Å². The first kappa shape index (κ1) is 20.3. The molecule has 0 atom stereocenters. The van der Waals surface area contributed by atoms with Crippen LogP contribution in [0.1, 0.15) is 5.56 Å². The number of ether oxygens (including phenoxy) is 1. The van der Waals surface area contributed by atoms with E-state index in [1.807, 2.05) is 35.2 Å². The number of carbonyl (C=O) groups excluding carboxylic acids is 1. The van der Waals surface area contributed by atoms with Crippen molar-refractivity contribution in [3.05, 3.63) is 53.1 Å². The molecule has 0 saturated carbocycles. The van der Waals surface area contributed by atoms with Gasteiger partial charge in [0.25, 0.3) is 0 Å². The predicted octanol–water partition coefficient (Wildman–Crippen LogP) is 4.54. The summed E-state index contributed by atoms with van der Waals surface area (Å²) in [5, 5.41) is 1.62. The van der Waals surface area contributed by atoms with Crippen molar-refractivity contribution >= 4 is 56.0 Å². The number of thioether (sulfide) groups is 1. The Labute approximate surface area is 183 Å². The van der Waals surface area contributed by atoms with Gasteiger partial charge in [0.05, 0.1) is 22.6 Å². The summed E-state index contributed by atoms with van der Waals surface area (Å²) in [6, 6.07) is 13.9. The second kappa shape index (κ2) is 9.24. The van der Waals surface area contributed by atoms with Crippen molar-refractivity contribution in [1.29, 1.82) is 0 Å². The lowest BCUT2D eigenvalue weighted by atomic mass is 10.2. The van der Waals surface area contributed by atoms with Crippen molar-refractivity contribution in [2.75, 3.05) is 43.9 Å². The molecule has 5 nitrogen and oxygen atoms in total. The fourth-order valence-electron chi connectivity index (χ4n) is 3.31. The molecule has 1 saturated heterocycles. The van der Waals surface area contributed by atoms with Gasteiger partial charge in [-0.2, -0.15) is 0 Å². The number of thiazole rings is 1. The number of nitrogens with zero attached hydrogens (tertiary/aromatic N) is 3. The number of carbonyl (C=O) groups is 1. The fraction of sp³-hybridized carbons (Fsp3) is 0.333. The number of methoxy groups -OCH3 is 1. The molecular formula is C21H22ClN3O2S2. The summed E-state index contributed by atoms with van der Waals surface area (Å²) in [6.07, 6.45) is 0. The van der Waals surface area contributed by atoms with Crippen LogP contribution in [0.15, 0.2) is 42.5 Å². The number of aromatic nitrogens is 1. The topological polar surface area (TPSA) is 45.7 Å². The number of piperazine rings is 1. The summed E-state index contributed by atoms with van der Waals surface area (Å²) >= 11 is 9.58. The van der Waals surface area contributed by atoms with E-state index in [-0.39, 0.29) is 5.91 Å². The van der Waals surface area contributed by atoms with E-state index in [0.29, 0.717) is 23.9 Å². The molecule has 1 amide bonds. The number of amides is 1. The third-order valence-corrected chi connectivity index (χ3v) is 7.47. The van der Waals surface area contributed by atoms with Gasteiger partial charge in [0.2, 0.25) is 5.91 Å². The van der Waals surface area contributed by atoms with E-state index in [2.05, 4.69) is 17.0 Å². The number of halogens is 1. The zero-order chi connectivity index (χ0) is 20.2. The van der Waals surface area contributed by atoms with Crippen molar-refractivity contribution in [1.82, 2.24) is 9.88 Å². The molecule has 2 heterocycles. The van der Waals surface area contributed by atoms with E-state index in [4.69, 9.17) is 21.3 Å². The molecule has 1 aliphatic heterocycles. The number of anilines is 1. The first-order valence-corrected chi connectivity index (χ1v) is 11.8.